The average Bonchev–Trinajstić information content (AvgIpc) is 3.11. The van der Waals surface area contributed by atoms with Crippen LogP contribution in [0.4, 0.5) is 17.2 Å². The summed E-state index contributed by atoms with van der Waals surface area (Å²) in [5.74, 6) is 1.16. The van der Waals surface area contributed by atoms with Gasteiger partial charge in [-0.15, -0.1) is 0 Å². The Kier molecular flexibility index (Phi) is 7.74. The van der Waals surface area contributed by atoms with Crippen LogP contribution in [0.3, 0.4) is 0 Å². The Morgan fingerprint density at radius 1 is 0.923 bits per heavy atom. The minimum absolute atomic E-state index is 0.288. The summed E-state index contributed by atoms with van der Waals surface area (Å²) >= 11 is 0. The summed E-state index contributed by atoms with van der Waals surface area (Å²) in [7, 11) is 3.20. The molecule has 0 aliphatic carbocycles. The Balaban J connectivity index is 1.28. The third-order valence-electron chi connectivity index (χ3n) is 7.48. The molecule has 1 saturated heterocycles. The summed E-state index contributed by atoms with van der Waals surface area (Å²) in [5, 5.41) is 0. The number of anilines is 3. The van der Waals surface area contributed by atoms with Crippen LogP contribution in [0.25, 0.3) is 0 Å². The van der Waals surface area contributed by atoms with Crippen LogP contribution in [0.15, 0.2) is 58.1 Å². The van der Waals surface area contributed by atoms with E-state index in [0.29, 0.717) is 24.6 Å². The molecule has 0 saturated carbocycles. The molecule has 10 nitrogen and oxygen atoms in total. The smallest absolute Gasteiger partial charge is 0.338 e. The molecule has 3 heterocycles. The third kappa shape index (κ3) is 5.42. The molecule has 5 rings (SSSR count). The molecule has 0 amide bonds. The van der Waals surface area contributed by atoms with Crippen molar-refractivity contribution in [1.29, 1.82) is 0 Å². The lowest BCUT2D eigenvalue weighted by Crippen LogP contribution is -2.49. The first-order chi connectivity index (χ1) is 18.9. The summed E-state index contributed by atoms with van der Waals surface area (Å²) in [6, 6.07) is 15.2. The van der Waals surface area contributed by atoms with Crippen molar-refractivity contribution in [2.24, 2.45) is 14.1 Å². The second-order valence-electron chi connectivity index (χ2n) is 9.90. The van der Waals surface area contributed by atoms with Crippen molar-refractivity contribution in [1.82, 2.24) is 14.0 Å². The number of nitrogens with zero attached hydrogens (tertiary/aromatic N) is 5. The van der Waals surface area contributed by atoms with Gasteiger partial charge in [0.05, 0.1) is 17.9 Å². The number of fused-ring (bicyclic) bond motifs is 2. The summed E-state index contributed by atoms with van der Waals surface area (Å²) in [6.07, 6.45) is 0.905. The van der Waals surface area contributed by atoms with Gasteiger partial charge in [0.1, 0.15) is 18.2 Å². The highest BCUT2D eigenvalue weighted by Crippen LogP contribution is 2.39. The zero-order chi connectivity index (χ0) is 27.5. The summed E-state index contributed by atoms with van der Waals surface area (Å²) in [5.41, 5.74) is 2.89. The molecule has 1 aromatic heterocycles. The van der Waals surface area contributed by atoms with E-state index in [-0.39, 0.29) is 17.2 Å². The first-order valence-electron chi connectivity index (χ1n) is 13.4. The van der Waals surface area contributed by atoms with E-state index in [0.717, 1.165) is 72.9 Å². The molecule has 10 heteroatoms. The number of piperazine rings is 1. The number of rotatable bonds is 7. The van der Waals surface area contributed by atoms with Crippen LogP contribution in [-0.2, 0) is 25.4 Å². The van der Waals surface area contributed by atoms with E-state index in [1.54, 1.807) is 20.0 Å². The standard InChI is InChI=1S/C29H35N5O5/c1-4-38-28(36)21-10-11-22-20-39-25-9-6-5-8-23(25)34(24(22)18-21)13-7-12-32-14-16-33(17-15-32)26-19-27(35)31(3)29(37)30(26)2/h5-6,8-11,18-19H,4,7,12-17,20H2,1-3H3. The Labute approximate surface area is 227 Å². The number of benzene rings is 2. The SMILES string of the molecule is CCOC(=O)c1ccc2c(c1)N(CCCN1CCN(c3cc(=O)n(C)c(=O)n3C)CC1)c1ccccc1OC2. The second-order valence-corrected chi connectivity index (χ2v) is 9.90. The van der Waals surface area contributed by atoms with Crippen LogP contribution in [0.1, 0.15) is 29.3 Å². The van der Waals surface area contributed by atoms with Gasteiger partial charge in [0.25, 0.3) is 5.56 Å². The van der Waals surface area contributed by atoms with Crippen molar-refractivity contribution in [3.05, 3.63) is 80.5 Å². The lowest BCUT2D eigenvalue weighted by Gasteiger charge is -2.37. The predicted molar refractivity (Wildman–Crippen MR) is 150 cm³/mol. The summed E-state index contributed by atoms with van der Waals surface area (Å²) < 4.78 is 14.0. The van der Waals surface area contributed by atoms with Crippen LogP contribution in [0.5, 0.6) is 5.75 Å². The molecule has 2 aliphatic rings. The van der Waals surface area contributed by atoms with Crippen LogP contribution in [0.2, 0.25) is 0 Å². The molecule has 0 radical (unpaired) electrons. The first-order valence-corrected chi connectivity index (χ1v) is 13.4. The van der Waals surface area contributed by atoms with E-state index in [2.05, 4.69) is 20.8 Å². The van der Waals surface area contributed by atoms with Gasteiger partial charge in [0.15, 0.2) is 0 Å². The monoisotopic (exact) mass is 533 g/mol. The van der Waals surface area contributed by atoms with Crippen molar-refractivity contribution < 1.29 is 14.3 Å². The maximum Gasteiger partial charge on any atom is 0.338 e. The number of para-hydroxylation sites is 2. The lowest BCUT2D eigenvalue weighted by molar-refractivity contribution is 0.0526. The van der Waals surface area contributed by atoms with E-state index < -0.39 is 0 Å². The minimum Gasteiger partial charge on any atom is -0.487 e. The molecule has 39 heavy (non-hydrogen) atoms. The summed E-state index contributed by atoms with van der Waals surface area (Å²) in [4.78, 5) is 43.8. The Morgan fingerprint density at radius 2 is 1.69 bits per heavy atom. The van der Waals surface area contributed by atoms with Gasteiger partial charge >= 0.3 is 11.7 Å². The largest absolute Gasteiger partial charge is 0.487 e. The van der Waals surface area contributed by atoms with E-state index in [1.807, 2.05) is 30.3 Å². The molecule has 206 valence electrons. The van der Waals surface area contributed by atoms with Crippen molar-refractivity contribution in [2.45, 2.75) is 20.0 Å². The van der Waals surface area contributed by atoms with Gasteiger partial charge in [-0.2, -0.15) is 0 Å². The van der Waals surface area contributed by atoms with E-state index in [1.165, 1.54) is 17.7 Å². The zero-order valence-electron chi connectivity index (χ0n) is 22.8. The van der Waals surface area contributed by atoms with Gasteiger partial charge in [0.2, 0.25) is 0 Å². The van der Waals surface area contributed by atoms with Crippen LogP contribution < -0.4 is 25.8 Å². The Bertz CT molecular complexity index is 1470. The molecule has 0 unspecified atom stereocenters. The molecule has 3 aromatic rings. The number of carbonyl (C=O) groups excluding carboxylic acids is 1. The molecular formula is C29H35N5O5. The minimum atomic E-state index is -0.328. The Morgan fingerprint density at radius 3 is 2.46 bits per heavy atom. The normalized spacial score (nSPS) is 15.3. The fraction of sp³-hybridized carbons (Fsp3) is 0.414. The number of carbonyl (C=O) groups is 1. The zero-order valence-corrected chi connectivity index (χ0v) is 22.8. The van der Waals surface area contributed by atoms with Crippen LogP contribution in [-0.4, -0.2) is 65.9 Å². The van der Waals surface area contributed by atoms with Crippen molar-refractivity contribution >= 4 is 23.2 Å². The molecule has 2 aliphatic heterocycles. The number of hydrogen-bond acceptors (Lipinski definition) is 8. The molecular weight excluding hydrogens is 498 g/mol. The quantitative estimate of drug-likeness (QED) is 0.428. The van der Waals surface area contributed by atoms with Gasteiger partial charge in [-0.1, -0.05) is 18.2 Å². The second kappa shape index (κ2) is 11.4. The van der Waals surface area contributed by atoms with Gasteiger partial charge in [-0.25, -0.2) is 9.59 Å². The highest BCUT2D eigenvalue weighted by atomic mass is 16.5. The molecule has 0 spiro atoms. The van der Waals surface area contributed by atoms with Crippen LogP contribution >= 0.6 is 0 Å². The highest BCUT2D eigenvalue weighted by Gasteiger charge is 2.24. The van der Waals surface area contributed by atoms with Gasteiger partial charge in [-0.05, 0) is 44.2 Å². The maximum absolute atomic E-state index is 12.5. The Hall–Kier alpha value is -4.05. The average molecular weight is 534 g/mol. The number of esters is 1. The van der Waals surface area contributed by atoms with E-state index >= 15 is 0 Å². The van der Waals surface area contributed by atoms with Gasteiger partial charge in [0, 0.05) is 64.1 Å². The highest BCUT2D eigenvalue weighted by molar-refractivity contribution is 5.91. The lowest BCUT2D eigenvalue weighted by atomic mass is 10.1. The molecule has 0 bridgehead atoms. The fourth-order valence-corrected chi connectivity index (χ4v) is 5.28. The third-order valence-corrected chi connectivity index (χ3v) is 7.48. The molecule has 0 N–H and O–H groups in total. The van der Waals surface area contributed by atoms with Crippen molar-refractivity contribution in [2.75, 3.05) is 55.7 Å². The van der Waals surface area contributed by atoms with Gasteiger partial charge in [-0.3, -0.25) is 18.8 Å². The van der Waals surface area contributed by atoms with Gasteiger partial charge < -0.3 is 19.3 Å². The topological polar surface area (TPSA) is 89.3 Å². The molecule has 1 fully saturated rings. The maximum atomic E-state index is 12.5. The molecule has 0 atom stereocenters. The summed E-state index contributed by atoms with van der Waals surface area (Å²) in [6.45, 7) is 7.38. The molecule has 2 aromatic carbocycles. The number of ether oxygens (including phenoxy) is 2. The van der Waals surface area contributed by atoms with Crippen molar-refractivity contribution in [3.63, 3.8) is 0 Å². The number of aromatic nitrogens is 2. The first kappa shape index (κ1) is 26.6. The fourth-order valence-electron chi connectivity index (χ4n) is 5.28. The van der Waals surface area contributed by atoms with E-state index in [4.69, 9.17) is 9.47 Å². The number of hydrogen-bond donors (Lipinski definition) is 0. The van der Waals surface area contributed by atoms with E-state index in [9.17, 15) is 14.4 Å². The predicted octanol–water partition coefficient (Wildman–Crippen LogP) is 2.50. The van der Waals surface area contributed by atoms with Crippen LogP contribution in [0, 0.1) is 0 Å². The van der Waals surface area contributed by atoms with Crippen molar-refractivity contribution in [3.8, 4) is 5.75 Å².